The molecule has 5 nitrogen and oxygen atoms in total. The normalized spacial score (nSPS) is 10.9. The third-order valence-corrected chi connectivity index (χ3v) is 5.09. The molecule has 2 rings (SSSR count). The Bertz CT molecular complexity index is 644. The Labute approximate surface area is 126 Å². The van der Waals surface area contributed by atoms with Gasteiger partial charge in [0.25, 0.3) is 5.91 Å². The zero-order valence-electron chi connectivity index (χ0n) is 11.6. The fourth-order valence-corrected chi connectivity index (χ4v) is 3.66. The van der Waals surface area contributed by atoms with Gasteiger partial charge in [0.15, 0.2) is 0 Å². The smallest absolute Gasteiger partial charge is 0.263 e. The van der Waals surface area contributed by atoms with E-state index >= 15 is 0 Å². The van der Waals surface area contributed by atoms with Crippen LogP contribution in [0.4, 0.5) is 5.69 Å². The number of fused-ring (bicyclic) bond motifs is 1. The van der Waals surface area contributed by atoms with E-state index in [9.17, 15) is 4.79 Å². The molecule has 2 heterocycles. The molecule has 7 heteroatoms. The van der Waals surface area contributed by atoms with Crippen LogP contribution < -0.4 is 11.1 Å². The van der Waals surface area contributed by atoms with Gasteiger partial charge in [0.1, 0.15) is 9.71 Å². The number of nitrogens with one attached hydrogen (secondary N) is 1. The number of anilines is 1. The van der Waals surface area contributed by atoms with Crippen LogP contribution >= 0.6 is 23.1 Å². The van der Waals surface area contributed by atoms with Crippen LogP contribution in [0.1, 0.15) is 15.4 Å². The minimum Gasteiger partial charge on any atom is -0.397 e. The van der Waals surface area contributed by atoms with Crippen LogP contribution in [0.25, 0.3) is 10.2 Å². The van der Waals surface area contributed by atoms with Crippen LogP contribution in [0, 0.1) is 6.92 Å². The molecule has 0 aliphatic carbocycles. The molecule has 0 saturated heterocycles. The van der Waals surface area contributed by atoms with Crippen molar-refractivity contribution in [2.75, 3.05) is 23.8 Å². The molecule has 20 heavy (non-hydrogen) atoms. The van der Waals surface area contributed by atoms with Gasteiger partial charge in [-0.2, -0.15) is 16.9 Å². The number of thioether (sulfide) groups is 1. The third-order valence-electron chi connectivity index (χ3n) is 2.86. The number of rotatable bonds is 6. The number of nitrogens with zero attached hydrogens (tertiary/aromatic N) is 2. The van der Waals surface area contributed by atoms with Crippen LogP contribution in [-0.4, -0.2) is 33.7 Å². The number of nitrogen functional groups attached to an aromatic ring is 1. The molecular formula is C13H18N4OS2. The summed E-state index contributed by atoms with van der Waals surface area (Å²) >= 11 is 3.12. The predicted octanol–water partition coefficient (Wildman–Crippen LogP) is 2.17. The van der Waals surface area contributed by atoms with Crippen molar-refractivity contribution < 1.29 is 4.79 Å². The van der Waals surface area contributed by atoms with E-state index in [0.717, 1.165) is 27.4 Å². The Kier molecular flexibility index (Phi) is 4.72. The molecule has 0 fully saturated rings. The lowest BCUT2D eigenvalue weighted by Crippen LogP contribution is -2.25. The number of nitrogens with two attached hydrogens (primary N) is 1. The van der Waals surface area contributed by atoms with E-state index in [4.69, 9.17) is 5.73 Å². The lowest BCUT2D eigenvalue weighted by molar-refractivity contribution is 0.0961. The number of hydrogen-bond donors (Lipinski definition) is 2. The maximum Gasteiger partial charge on any atom is 0.263 e. The van der Waals surface area contributed by atoms with Crippen LogP contribution in [0.5, 0.6) is 0 Å². The second-order valence-electron chi connectivity index (χ2n) is 4.35. The van der Waals surface area contributed by atoms with Crippen LogP contribution in [0.15, 0.2) is 12.7 Å². The fourth-order valence-electron chi connectivity index (χ4n) is 1.98. The second-order valence-corrected chi connectivity index (χ2v) is 6.50. The van der Waals surface area contributed by atoms with E-state index in [1.54, 1.807) is 16.4 Å². The third kappa shape index (κ3) is 2.83. The average Bonchev–Trinajstić information content (AvgIpc) is 2.89. The summed E-state index contributed by atoms with van der Waals surface area (Å²) in [4.78, 5) is 13.7. The molecule has 0 bridgehead atoms. The average molecular weight is 310 g/mol. The van der Waals surface area contributed by atoms with Gasteiger partial charge in [-0.15, -0.1) is 17.9 Å². The molecule has 0 saturated carbocycles. The highest BCUT2D eigenvalue weighted by molar-refractivity contribution is 7.99. The topological polar surface area (TPSA) is 72.9 Å². The minimum absolute atomic E-state index is 0.109. The number of amides is 1. The summed E-state index contributed by atoms with van der Waals surface area (Å²) in [5.74, 6) is 1.65. The number of aromatic nitrogens is 2. The van der Waals surface area contributed by atoms with Crippen LogP contribution in [0.2, 0.25) is 0 Å². The van der Waals surface area contributed by atoms with Gasteiger partial charge in [0.05, 0.1) is 16.8 Å². The lowest BCUT2D eigenvalue weighted by Gasteiger charge is -2.03. The Balaban J connectivity index is 2.09. The Morgan fingerprint density at radius 2 is 2.40 bits per heavy atom. The summed E-state index contributed by atoms with van der Waals surface area (Å²) in [6, 6.07) is 0. The first-order valence-electron chi connectivity index (χ1n) is 6.24. The number of thiophene rings is 1. The molecule has 0 aromatic carbocycles. The van der Waals surface area contributed by atoms with Gasteiger partial charge in [0.2, 0.25) is 0 Å². The second kappa shape index (κ2) is 6.32. The first kappa shape index (κ1) is 14.9. The monoisotopic (exact) mass is 310 g/mol. The Hall–Kier alpha value is -1.47. The maximum absolute atomic E-state index is 12.1. The predicted molar refractivity (Wildman–Crippen MR) is 87.6 cm³/mol. The van der Waals surface area contributed by atoms with Crippen molar-refractivity contribution in [1.29, 1.82) is 0 Å². The molecule has 0 aliphatic rings. The summed E-state index contributed by atoms with van der Waals surface area (Å²) in [5, 5.41) is 8.10. The molecule has 0 atom stereocenters. The van der Waals surface area contributed by atoms with Crippen LogP contribution in [0.3, 0.4) is 0 Å². The summed E-state index contributed by atoms with van der Waals surface area (Å²) in [7, 11) is 1.86. The molecule has 1 amide bonds. The highest BCUT2D eigenvalue weighted by Crippen LogP contribution is 2.35. The van der Waals surface area contributed by atoms with E-state index < -0.39 is 0 Å². The van der Waals surface area contributed by atoms with Crippen molar-refractivity contribution in [2.45, 2.75) is 6.92 Å². The first-order chi connectivity index (χ1) is 9.56. The van der Waals surface area contributed by atoms with Gasteiger partial charge < -0.3 is 11.1 Å². The summed E-state index contributed by atoms with van der Waals surface area (Å²) in [5.41, 5.74) is 7.48. The van der Waals surface area contributed by atoms with Gasteiger partial charge in [-0.25, -0.2) is 0 Å². The van der Waals surface area contributed by atoms with Crippen molar-refractivity contribution in [1.82, 2.24) is 15.1 Å². The van der Waals surface area contributed by atoms with Crippen molar-refractivity contribution in [3.8, 4) is 0 Å². The molecule has 0 spiro atoms. The number of carbonyl (C=O) groups is 1. The molecule has 108 valence electrons. The molecule has 0 unspecified atom stereocenters. The van der Waals surface area contributed by atoms with Crippen molar-refractivity contribution in [3.63, 3.8) is 0 Å². The molecule has 0 radical (unpaired) electrons. The molecule has 2 aromatic rings. The maximum atomic E-state index is 12.1. The van der Waals surface area contributed by atoms with Gasteiger partial charge in [-0.3, -0.25) is 9.48 Å². The summed E-state index contributed by atoms with van der Waals surface area (Å²) in [6.45, 7) is 6.19. The Morgan fingerprint density at radius 1 is 1.65 bits per heavy atom. The zero-order chi connectivity index (χ0) is 14.7. The number of hydrogen-bond acceptors (Lipinski definition) is 5. The van der Waals surface area contributed by atoms with Gasteiger partial charge in [0, 0.05) is 25.1 Å². The minimum atomic E-state index is -0.109. The largest absolute Gasteiger partial charge is 0.397 e. The fraction of sp³-hybridized carbons (Fsp3) is 0.385. The highest BCUT2D eigenvalue weighted by atomic mass is 32.2. The molecule has 0 aliphatic heterocycles. The van der Waals surface area contributed by atoms with E-state index in [-0.39, 0.29) is 5.91 Å². The first-order valence-corrected chi connectivity index (χ1v) is 8.21. The van der Waals surface area contributed by atoms with Gasteiger partial charge in [-0.05, 0) is 6.92 Å². The SMILES string of the molecule is C=CCSCCNC(=O)c1sc2c(c(C)nn2C)c1N. The summed E-state index contributed by atoms with van der Waals surface area (Å²) in [6.07, 6.45) is 1.85. The lowest BCUT2D eigenvalue weighted by atomic mass is 10.2. The van der Waals surface area contributed by atoms with Crippen molar-refractivity contribution in [3.05, 3.63) is 23.2 Å². The van der Waals surface area contributed by atoms with Crippen molar-refractivity contribution in [2.24, 2.45) is 7.05 Å². The standard InChI is InChI=1S/C13H18N4OS2/c1-4-6-19-7-5-15-12(18)11-10(14)9-8(2)16-17(3)13(9)20-11/h4H,1,5-7,14H2,2-3H3,(H,15,18). The van der Waals surface area contributed by atoms with Gasteiger partial charge in [-0.1, -0.05) is 6.08 Å². The van der Waals surface area contributed by atoms with E-state index in [0.29, 0.717) is 17.1 Å². The van der Waals surface area contributed by atoms with E-state index in [1.165, 1.54) is 11.3 Å². The number of carbonyl (C=O) groups excluding carboxylic acids is 1. The Morgan fingerprint density at radius 3 is 3.05 bits per heavy atom. The quantitative estimate of drug-likeness (QED) is 0.633. The molecular weight excluding hydrogens is 292 g/mol. The van der Waals surface area contributed by atoms with E-state index in [1.807, 2.05) is 20.0 Å². The van der Waals surface area contributed by atoms with Crippen LogP contribution in [-0.2, 0) is 7.05 Å². The van der Waals surface area contributed by atoms with E-state index in [2.05, 4.69) is 17.0 Å². The number of aryl methyl sites for hydroxylation is 2. The molecule has 3 N–H and O–H groups in total. The summed E-state index contributed by atoms with van der Waals surface area (Å²) < 4.78 is 1.77. The molecule has 2 aromatic heterocycles. The van der Waals surface area contributed by atoms with Crippen molar-refractivity contribution >= 4 is 44.9 Å². The van der Waals surface area contributed by atoms with Gasteiger partial charge >= 0.3 is 0 Å². The zero-order valence-corrected chi connectivity index (χ0v) is 13.2. The highest BCUT2D eigenvalue weighted by Gasteiger charge is 2.20.